The number of hydrogen-bond acceptors (Lipinski definition) is 4. The number of nitrogens with two attached hydrogens (primary N) is 1. The normalized spacial score (nSPS) is 16.6. The zero-order valence-corrected chi connectivity index (χ0v) is 11.3. The fourth-order valence-electron chi connectivity index (χ4n) is 1.85. The highest BCUT2D eigenvalue weighted by molar-refractivity contribution is 5.69. The maximum atomic E-state index is 11.7. The minimum Gasteiger partial charge on any atom is -0.444 e. The molecule has 18 heavy (non-hydrogen) atoms. The van der Waals surface area contributed by atoms with Gasteiger partial charge >= 0.3 is 6.09 Å². The van der Waals surface area contributed by atoms with Gasteiger partial charge in [-0.1, -0.05) is 0 Å². The quantitative estimate of drug-likeness (QED) is 0.818. The Balaban J connectivity index is 1.89. The van der Waals surface area contributed by atoms with Crippen molar-refractivity contribution in [1.29, 1.82) is 0 Å². The van der Waals surface area contributed by atoms with Gasteiger partial charge in [-0.3, -0.25) is 4.68 Å². The Morgan fingerprint density at radius 1 is 1.50 bits per heavy atom. The molecule has 0 aromatic carbocycles. The lowest BCUT2D eigenvalue weighted by Gasteiger charge is -2.38. The van der Waals surface area contributed by atoms with Crippen LogP contribution in [-0.2, 0) is 11.8 Å². The third-order valence-electron chi connectivity index (χ3n) is 2.89. The number of nitrogens with zero attached hydrogens (tertiary/aromatic N) is 3. The van der Waals surface area contributed by atoms with Crippen LogP contribution >= 0.6 is 0 Å². The minimum atomic E-state index is -0.447. The summed E-state index contributed by atoms with van der Waals surface area (Å²) >= 11 is 0. The van der Waals surface area contributed by atoms with Gasteiger partial charge in [0.15, 0.2) is 0 Å². The van der Waals surface area contributed by atoms with Crippen molar-refractivity contribution >= 4 is 11.9 Å². The second-order valence-corrected chi connectivity index (χ2v) is 5.70. The molecule has 6 heteroatoms. The van der Waals surface area contributed by atoms with E-state index in [-0.39, 0.29) is 12.0 Å². The maximum absolute atomic E-state index is 11.7. The molecule has 1 aliphatic rings. The van der Waals surface area contributed by atoms with Crippen LogP contribution < -0.4 is 5.73 Å². The predicted molar refractivity (Wildman–Crippen MR) is 68.2 cm³/mol. The summed E-state index contributed by atoms with van der Waals surface area (Å²) in [7, 11) is 1.81. The first-order valence-electron chi connectivity index (χ1n) is 6.03. The molecule has 0 radical (unpaired) electrons. The highest BCUT2D eigenvalue weighted by Gasteiger charge is 2.35. The van der Waals surface area contributed by atoms with Gasteiger partial charge in [-0.2, -0.15) is 5.10 Å². The average Bonchev–Trinajstić information content (AvgIpc) is 2.40. The van der Waals surface area contributed by atoms with Gasteiger partial charge in [0, 0.05) is 32.1 Å². The molecule has 6 nitrogen and oxygen atoms in total. The minimum absolute atomic E-state index is 0.261. The number of ether oxygens (including phenoxy) is 1. The predicted octanol–water partition coefficient (Wildman–Crippen LogP) is 1.34. The van der Waals surface area contributed by atoms with Crippen molar-refractivity contribution in [3.05, 3.63) is 11.8 Å². The fourth-order valence-corrected chi connectivity index (χ4v) is 1.85. The Kier molecular flexibility index (Phi) is 2.96. The number of nitrogen functional groups attached to an aromatic ring is 1. The van der Waals surface area contributed by atoms with Gasteiger partial charge in [-0.25, -0.2) is 4.79 Å². The molecule has 1 fully saturated rings. The maximum Gasteiger partial charge on any atom is 0.410 e. The SMILES string of the molecule is Cn1nc(C2CN(C(=O)OC(C)(C)C)C2)cc1N. The summed E-state index contributed by atoms with van der Waals surface area (Å²) in [4.78, 5) is 13.4. The van der Waals surface area contributed by atoms with Gasteiger partial charge in [-0.15, -0.1) is 0 Å². The Bertz CT molecular complexity index is 436. The van der Waals surface area contributed by atoms with Crippen LogP contribution in [0.15, 0.2) is 6.07 Å². The van der Waals surface area contributed by atoms with Crippen LogP contribution in [0.2, 0.25) is 0 Å². The number of carbonyl (C=O) groups excluding carboxylic acids is 1. The van der Waals surface area contributed by atoms with Crippen molar-refractivity contribution in [2.24, 2.45) is 7.05 Å². The van der Waals surface area contributed by atoms with Crippen LogP contribution in [0.5, 0.6) is 0 Å². The first-order chi connectivity index (χ1) is 8.26. The summed E-state index contributed by atoms with van der Waals surface area (Å²) in [6, 6.07) is 1.86. The molecular formula is C12H20N4O2. The van der Waals surface area contributed by atoms with E-state index in [0.29, 0.717) is 18.9 Å². The standard InChI is InChI=1S/C12H20N4O2/c1-12(2,3)18-11(17)16-6-8(7-16)9-5-10(13)15(4)14-9/h5,8H,6-7,13H2,1-4H3. The molecule has 1 saturated heterocycles. The van der Waals surface area contributed by atoms with E-state index in [1.807, 2.05) is 33.9 Å². The molecule has 100 valence electrons. The summed E-state index contributed by atoms with van der Waals surface area (Å²) in [5, 5.41) is 4.31. The summed E-state index contributed by atoms with van der Waals surface area (Å²) in [6.45, 7) is 6.88. The Hall–Kier alpha value is -1.72. The molecule has 1 aliphatic heterocycles. The van der Waals surface area contributed by atoms with E-state index < -0.39 is 5.60 Å². The third kappa shape index (κ3) is 2.57. The summed E-state index contributed by atoms with van der Waals surface area (Å²) in [6.07, 6.45) is -0.261. The second kappa shape index (κ2) is 4.19. The van der Waals surface area contributed by atoms with Crippen molar-refractivity contribution in [1.82, 2.24) is 14.7 Å². The van der Waals surface area contributed by atoms with Crippen LogP contribution in [0.3, 0.4) is 0 Å². The second-order valence-electron chi connectivity index (χ2n) is 5.70. The van der Waals surface area contributed by atoms with Crippen LogP contribution in [-0.4, -0.2) is 39.5 Å². The van der Waals surface area contributed by atoms with E-state index >= 15 is 0 Å². The lowest BCUT2D eigenvalue weighted by molar-refractivity contribution is 0.00784. The number of aryl methyl sites for hydroxylation is 1. The van der Waals surface area contributed by atoms with Crippen molar-refractivity contribution < 1.29 is 9.53 Å². The fraction of sp³-hybridized carbons (Fsp3) is 0.667. The Labute approximate surface area is 107 Å². The lowest BCUT2D eigenvalue weighted by Crippen LogP contribution is -2.50. The van der Waals surface area contributed by atoms with Crippen LogP contribution in [0.1, 0.15) is 32.4 Å². The molecule has 0 atom stereocenters. The highest BCUT2D eigenvalue weighted by Crippen LogP contribution is 2.28. The van der Waals surface area contributed by atoms with Gasteiger partial charge in [0.05, 0.1) is 5.69 Å². The summed E-state index contributed by atoms with van der Waals surface area (Å²) in [5.41, 5.74) is 6.22. The van der Waals surface area contributed by atoms with Crippen molar-refractivity contribution in [3.8, 4) is 0 Å². The number of rotatable bonds is 1. The first kappa shape index (κ1) is 12.7. The molecule has 0 spiro atoms. The zero-order valence-electron chi connectivity index (χ0n) is 11.3. The van der Waals surface area contributed by atoms with Crippen LogP contribution in [0.4, 0.5) is 10.6 Å². The number of aromatic nitrogens is 2. The summed E-state index contributed by atoms with van der Waals surface area (Å²) < 4.78 is 6.94. The van der Waals surface area contributed by atoms with Gasteiger partial charge in [0.1, 0.15) is 11.4 Å². The van der Waals surface area contributed by atoms with E-state index in [4.69, 9.17) is 10.5 Å². The van der Waals surface area contributed by atoms with Gasteiger partial charge in [0.2, 0.25) is 0 Å². The Morgan fingerprint density at radius 2 is 2.11 bits per heavy atom. The van der Waals surface area contributed by atoms with E-state index in [0.717, 1.165) is 5.69 Å². The van der Waals surface area contributed by atoms with Crippen molar-refractivity contribution in [3.63, 3.8) is 0 Å². The zero-order chi connectivity index (χ0) is 13.5. The van der Waals surface area contributed by atoms with Crippen LogP contribution in [0, 0.1) is 0 Å². The number of anilines is 1. The van der Waals surface area contributed by atoms with E-state index in [2.05, 4.69) is 5.10 Å². The molecular weight excluding hydrogens is 232 g/mol. The van der Waals surface area contributed by atoms with Crippen molar-refractivity contribution in [2.75, 3.05) is 18.8 Å². The van der Waals surface area contributed by atoms with Gasteiger partial charge < -0.3 is 15.4 Å². The van der Waals surface area contributed by atoms with Gasteiger partial charge in [0.25, 0.3) is 0 Å². The molecule has 0 saturated carbocycles. The molecule has 1 amide bonds. The Morgan fingerprint density at radius 3 is 2.56 bits per heavy atom. The van der Waals surface area contributed by atoms with E-state index in [1.165, 1.54) is 0 Å². The molecule has 2 N–H and O–H groups in total. The first-order valence-corrected chi connectivity index (χ1v) is 6.03. The summed E-state index contributed by atoms with van der Waals surface area (Å²) in [5.74, 6) is 0.904. The molecule has 0 aliphatic carbocycles. The van der Waals surface area contributed by atoms with Gasteiger partial charge in [-0.05, 0) is 20.8 Å². The molecule has 0 bridgehead atoms. The highest BCUT2D eigenvalue weighted by atomic mass is 16.6. The smallest absolute Gasteiger partial charge is 0.410 e. The monoisotopic (exact) mass is 252 g/mol. The van der Waals surface area contributed by atoms with Crippen LogP contribution in [0.25, 0.3) is 0 Å². The van der Waals surface area contributed by atoms with E-state index in [1.54, 1.807) is 9.58 Å². The molecule has 1 aromatic heterocycles. The van der Waals surface area contributed by atoms with E-state index in [9.17, 15) is 4.79 Å². The molecule has 2 rings (SSSR count). The average molecular weight is 252 g/mol. The number of carbonyl (C=O) groups is 1. The molecule has 2 heterocycles. The third-order valence-corrected chi connectivity index (χ3v) is 2.89. The lowest BCUT2D eigenvalue weighted by atomic mass is 9.97. The number of amides is 1. The number of hydrogen-bond donors (Lipinski definition) is 1. The largest absolute Gasteiger partial charge is 0.444 e. The topological polar surface area (TPSA) is 73.4 Å². The number of likely N-dealkylation sites (tertiary alicyclic amines) is 1. The molecule has 0 unspecified atom stereocenters. The van der Waals surface area contributed by atoms with Crippen molar-refractivity contribution in [2.45, 2.75) is 32.3 Å². The molecule has 1 aromatic rings.